The van der Waals surface area contributed by atoms with Crippen molar-refractivity contribution in [2.75, 3.05) is 13.3 Å². The molecular formula is C16H27NO2S. The minimum atomic E-state index is -3.15. The van der Waals surface area contributed by atoms with Gasteiger partial charge in [-0.2, -0.15) is 0 Å². The van der Waals surface area contributed by atoms with E-state index in [0.29, 0.717) is 0 Å². The maximum Gasteiger partial charge on any atom is 0.154 e. The van der Waals surface area contributed by atoms with E-state index in [4.69, 9.17) is 0 Å². The molecule has 0 aliphatic heterocycles. The molecule has 4 heteroatoms. The van der Waals surface area contributed by atoms with Gasteiger partial charge in [0.25, 0.3) is 0 Å². The van der Waals surface area contributed by atoms with Crippen molar-refractivity contribution in [1.29, 1.82) is 0 Å². The van der Waals surface area contributed by atoms with E-state index in [0.717, 1.165) is 12.0 Å². The predicted octanol–water partition coefficient (Wildman–Crippen LogP) is 3.11. The first-order valence-corrected chi connectivity index (χ1v) is 9.09. The zero-order chi connectivity index (χ0) is 15.4. The second-order valence-electron chi connectivity index (χ2n) is 5.94. The van der Waals surface area contributed by atoms with Crippen molar-refractivity contribution in [2.24, 2.45) is 0 Å². The van der Waals surface area contributed by atoms with E-state index in [2.05, 4.69) is 24.4 Å². The average Bonchev–Trinajstić information content (AvgIpc) is 2.37. The fourth-order valence-electron chi connectivity index (χ4n) is 2.39. The second kappa shape index (κ2) is 6.72. The molecule has 0 aliphatic carbocycles. The topological polar surface area (TPSA) is 46.2 Å². The average molecular weight is 297 g/mol. The third-order valence-electron chi connectivity index (χ3n) is 4.07. The fraction of sp³-hybridized carbons (Fsp3) is 0.625. The SMILES string of the molecule is CCCCc1ccc(C(NC)C(C)(C)S(C)(=O)=O)cc1. The summed E-state index contributed by atoms with van der Waals surface area (Å²) in [6.07, 6.45) is 4.75. The van der Waals surface area contributed by atoms with Crippen LogP contribution >= 0.6 is 0 Å². The maximum atomic E-state index is 12.0. The Morgan fingerprint density at radius 1 is 1.20 bits per heavy atom. The van der Waals surface area contributed by atoms with E-state index in [1.165, 1.54) is 24.7 Å². The summed E-state index contributed by atoms with van der Waals surface area (Å²) in [7, 11) is -1.34. The van der Waals surface area contributed by atoms with Crippen LogP contribution < -0.4 is 5.32 Å². The summed E-state index contributed by atoms with van der Waals surface area (Å²) in [4.78, 5) is 0. The van der Waals surface area contributed by atoms with Crippen molar-refractivity contribution in [3.63, 3.8) is 0 Å². The summed E-state index contributed by atoms with van der Waals surface area (Å²) >= 11 is 0. The van der Waals surface area contributed by atoms with Gasteiger partial charge in [0.2, 0.25) is 0 Å². The number of unbranched alkanes of at least 4 members (excludes halogenated alkanes) is 1. The Labute approximate surface area is 123 Å². The van der Waals surface area contributed by atoms with E-state index < -0.39 is 14.6 Å². The molecule has 1 rings (SSSR count). The van der Waals surface area contributed by atoms with Crippen LogP contribution in [0.2, 0.25) is 0 Å². The minimum Gasteiger partial charge on any atom is -0.312 e. The van der Waals surface area contributed by atoms with Gasteiger partial charge in [-0.3, -0.25) is 0 Å². The van der Waals surface area contributed by atoms with Crippen LogP contribution in [0, 0.1) is 0 Å². The maximum absolute atomic E-state index is 12.0. The quantitative estimate of drug-likeness (QED) is 0.841. The Kier molecular flexibility index (Phi) is 5.78. The molecule has 1 unspecified atom stereocenters. The van der Waals surface area contributed by atoms with Crippen LogP contribution in [0.25, 0.3) is 0 Å². The smallest absolute Gasteiger partial charge is 0.154 e. The van der Waals surface area contributed by atoms with Gasteiger partial charge in [0.05, 0.1) is 10.8 Å². The third kappa shape index (κ3) is 3.83. The van der Waals surface area contributed by atoms with Gasteiger partial charge < -0.3 is 5.32 Å². The minimum absolute atomic E-state index is 0.210. The van der Waals surface area contributed by atoms with E-state index in [1.807, 2.05) is 19.2 Å². The van der Waals surface area contributed by atoms with Crippen molar-refractivity contribution in [1.82, 2.24) is 5.32 Å². The highest BCUT2D eigenvalue weighted by Crippen LogP contribution is 2.32. The fourth-order valence-corrected chi connectivity index (χ4v) is 3.07. The molecule has 0 bridgehead atoms. The third-order valence-corrected chi connectivity index (χ3v) is 6.22. The van der Waals surface area contributed by atoms with Gasteiger partial charge in [0, 0.05) is 6.26 Å². The highest BCUT2D eigenvalue weighted by molar-refractivity contribution is 7.92. The highest BCUT2D eigenvalue weighted by Gasteiger charge is 2.39. The number of sulfone groups is 1. The summed E-state index contributed by atoms with van der Waals surface area (Å²) in [6, 6.07) is 8.08. The van der Waals surface area contributed by atoms with Crippen LogP contribution in [0.3, 0.4) is 0 Å². The summed E-state index contributed by atoms with van der Waals surface area (Å²) in [5.74, 6) is 0. The number of benzene rings is 1. The van der Waals surface area contributed by atoms with Gasteiger partial charge in [-0.1, -0.05) is 37.6 Å². The molecule has 1 aromatic carbocycles. The Morgan fingerprint density at radius 2 is 1.75 bits per heavy atom. The summed E-state index contributed by atoms with van der Waals surface area (Å²) in [5.41, 5.74) is 2.32. The summed E-state index contributed by atoms with van der Waals surface area (Å²) in [5, 5.41) is 3.15. The van der Waals surface area contributed by atoms with E-state index in [-0.39, 0.29) is 6.04 Å². The largest absolute Gasteiger partial charge is 0.312 e. The van der Waals surface area contributed by atoms with E-state index in [1.54, 1.807) is 13.8 Å². The molecule has 114 valence electrons. The van der Waals surface area contributed by atoms with Crippen molar-refractivity contribution >= 4 is 9.84 Å². The monoisotopic (exact) mass is 297 g/mol. The van der Waals surface area contributed by atoms with Crippen LogP contribution in [0.15, 0.2) is 24.3 Å². The van der Waals surface area contributed by atoms with Gasteiger partial charge in [0.15, 0.2) is 9.84 Å². The van der Waals surface area contributed by atoms with Gasteiger partial charge in [-0.05, 0) is 44.9 Å². The first-order chi connectivity index (χ1) is 9.24. The van der Waals surface area contributed by atoms with Crippen molar-refractivity contribution in [3.8, 4) is 0 Å². The van der Waals surface area contributed by atoms with Gasteiger partial charge >= 0.3 is 0 Å². The number of hydrogen-bond donors (Lipinski definition) is 1. The number of nitrogens with one attached hydrogen (secondary N) is 1. The zero-order valence-corrected chi connectivity index (χ0v) is 14.0. The van der Waals surface area contributed by atoms with Gasteiger partial charge in [0.1, 0.15) is 0 Å². The van der Waals surface area contributed by atoms with Gasteiger partial charge in [-0.15, -0.1) is 0 Å². The number of rotatable bonds is 7. The lowest BCUT2D eigenvalue weighted by Crippen LogP contribution is -2.43. The molecule has 0 saturated carbocycles. The lowest BCUT2D eigenvalue weighted by molar-refractivity contribution is 0.446. The summed E-state index contributed by atoms with van der Waals surface area (Å²) < 4.78 is 23.1. The molecule has 0 spiro atoms. The van der Waals surface area contributed by atoms with Crippen LogP contribution in [0.4, 0.5) is 0 Å². The zero-order valence-electron chi connectivity index (χ0n) is 13.2. The highest BCUT2D eigenvalue weighted by atomic mass is 32.2. The molecule has 20 heavy (non-hydrogen) atoms. The Hall–Kier alpha value is -0.870. The van der Waals surface area contributed by atoms with Gasteiger partial charge in [-0.25, -0.2) is 8.42 Å². The molecule has 1 atom stereocenters. The molecule has 1 N–H and O–H groups in total. The number of hydrogen-bond acceptors (Lipinski definition) is 3. The molecule has 0 fully saturated rings. The number of aryl methyl sites for hydroxylation is 1. The standard InChI is InChI=1S/C16H27NO2S/c1-6-7-8-13-9-11-14(12-10-13)15(17-4)16(2,3)20(5,18)19/h9-12,15,17H,6-8H2,1-5H3. The Bertz CT molecular complexity index is 518. The van der Waals surface area contributed by atoms with Crippen LogP contribution in [-0.2, 0) is 16.3 Å². The molecular weight excluding hydrogens is 270 g/mol. The normalized spacial score (nSPS) is 14.2. The molecule has 0 radical (unpaired) electrons. The molecule has 3 nitrogen and oxygen atoms in total. The van der Waals surface area contributed by atoms with Crippen molar-refractivity contribution in [2.45, 2.75) is 50.8 Å². The molecule has 0 aromatic heterocycles. The molecule has 0 saturated heterocycles. The van der Waals surface area contributed by atoms with E-state index >= 15 is 0 Å². The summed E-state index contributed by atoms with van der Waals surface area (Å²) in [6.45, 7) is 5.73. The van der Waals surface area contributed by atoms with Crippen molar-refractivity contribution < 1.29 is 8.42 Å². The molecule has 0 aliphatic rings. The molecule has 0 heterocycles. The Balaban J connectivity index is 3.02. The lowest BCUT2D eigenvalue weighted by Gasteiger charge is -2.33. The van der Waals surface area contributed by atoms with Crippen LogP contribution in [0.5, 0.6) is 0 Å². The molecule has 0 amide bonds. The molecule has 1 aromatic rings. The first kappa shape index (κ1) is 17.2. The first-order valence-electron chi connectivity index (χ1n) is 7.19. The van der Waals surface area contributed by atoms with Crippen LogP contribution in [-0.4, -0.2) is 26.5 Å². The van der Waals surface area contributed by atoms with E-state index in [9.17, 15) is 8.42 Å². The Morgan fingerprint density at radius 3 is 2.15 bits per heavy atom. The lowest BCUT2D eigenvalue weighted by atomic mass is 9.94. The van der Waals surface area contributed by atoms with Crippen molar-refractivity contribution in [3.05, 3.63) is 35.4 Å². The second-order valence-corrected chi connectivity index (χ2v) is 8.54. The van der Waals surface area contributed by atoms with Crippen LogP contribution in [0.1, 0.15) is 50.8 Å². The predicted molar refractivity (Wildman–Crippen MR) is 85.8 cm³/mol.